The quantitative estimate of drug-likeness (QED) is 0.378. The first-order chi connectivity index (χ1) is 8.44. The number of hydrogen-bond acceptors (Lipinski definition) is 1. The Kier molecular flexibility index (Phi) is 6.73. The minimum absolute atomic E-state index is 0.0879. The van der Waals surface area contributed by atoms with Crippen LogP contribution in [0.25, 0.3) is 0 Å². The van der Waals surface area contributed by atoms with Crippen molar-refractivity contribution in [2.24, 2.45) is 0 Å². The van der Waals surface area contributed by atoms with Gasteiger partial charge in [-0.25, -0.2) is 4.39 Å². The van der Waals surface area contributed by atoms with Gasteiger partial charge in [-0.2, -0.15) is 30.7 Å². The highest BCUT2D eigenvalue weighted by Gasteiger charge is 2.65. The largest absolute Gasteiger partial charge is 0.422 e. The maximum absolute atomic E-state index is 12.9. The third-order valence-corrected chi connectivity index (χ3v) is 3.43. The van der Waals surface area contributed by atoms with Crippen molar-refractivity contribution >= 4 is 9.52 Å². The fourth-order valence-electron chi connectivity index (χ4n) is 1.16. The molecule has 0 radical (unpaired) electrons. The van der Waals surface area contributed by atoms with Crippen LogP contribution in [-0.4, -0.2) is 40.5 Å². The smallest absolute Gasteiger partial charge is 0.316 e. The molecular formula is C9H14F8OSi. The highest BCUT2D eigenvalue weighted by atomic mass is 28.2. The maximum Gasteiger partial charge on any atom is 0.422 e. The van der Waals surface area contributed by atoms with Crippen LogP contribution in [0, 0.1) is 0 Å². The predicted molar refractivity (Wildman–Crippen MR) is 55.2 cm³/mol. The van der Waals surface area contributed by atoms with Gasteiger partial charge in [-0.3, -0.25) is 0 Å². The Morgan fingerprint density at radius 3 is 2.00 bits per heavy atom. The molecule has 0 fully saturated rings. The van der Waals surface area contributed by atoms with Gasteiger partial charge in [0.15, 0.2) is 6.17 Å². The molecule has 0 aromatic rings. The van der Waals surface area contributed by atoms with Crippen LogP contribution in [-0.2, 0) is 4.74 Å². The van der Waals surface area contributed by atoms with Crippen LogP contribution >= 0.6 is 0 Å². The minimum Gasteiger partial charge on any atom is -0.316 e. The third kappa shape index (κ3) is 6.06. The molecule has 0 bridgehead atoms. The van der Waals surface area contributed by atoms with Crippen molar-refractivity contribution in [2.45, 2.75) is 49.8 Å². The van der Waals surface area contributed by atoms with Gasteiger partial charge in [0.25, 0.3) is 0 Å². The standard InChI is InChI=1S/C9H14F8OSi/c1-19-4-2-3-18-9(16,17)8(14,15)6(10)5-7(11,12)13/h6H,2-5,19H2,1H3. The van der Waals surface area contributed by atoms with Crippen LogP contribution in [0.1, 0.15) is 12.8 Å². The van der Waals surface area contributed by atoms with Crippen molar-refractivity contribution in [1.82, 2.24) is 0 Å². The monoisotopic (exact) mass is 318 g/mol. The molecule has 0 saturated carbocycles. The maximum atomic E-state index is 12.9. The Labute approximate surface area is 107 Å². The molecule has 0 rings (SSSR count). The zero-order valence-electron chi connectivity index (χ0n) is 10.0. The normalized spacial score (nSPS) is 16.3. The third-order valence-electron chi connectivity index (χ3n) is 2.22. The van der Waals surface area contributed by atoms with E-state index >= 15 is 0 Å². The number of hydrogen-bond donors (Lipinski definition) is 0. The summed E-state index contributed by atoms with van der Waals surface area (Å²) >= 11 is 0. The average Bonchev–Trinajstić information content (AvgIpc) is 2.21. The lowest BCUT2D eigenvalue weighted by Crippen LogP contribution is -2.51. The molecule has 0 saturated heterocycles. The van der Waals surface area contributed by atoms with Crippen LogP contribution in [0.4, 0.5) is 35.1 Å². The van der Waals surface area contributed by atoms with Crippen LogP contribution in [0.3, 0.4) is 0 Å². The van der Waals surface area contributed by atoms with E-state index in [-0.39, 0.29) is 6.42 Å². The molecule has 116 valence electrons. The molecule has 0 aromatic heterocycles. The first kappa shape index (κ1) is 18.6. The summed E-state index contributed by atoms with van der Waals surface area (Å²) in [5.74, 6) is -5.52. The second-order valence-corrected chi connectivity index (χ2v) is 5.69. The van der Waals surface area contributed by atoms with Crippen molar-refractivity contribution in [1.29, 1.82) is 0 Å². The molecule has 0 aliphatic carbocycles. The minimum atomic E-state index is -5.52. The lowest BCUT2D eigenvalue weighted by Gasteiger charge is -2.29. The van der Waals surface area contributed by atoms with E-state index in [1.807, 2.05) is 6.55 Å². The van der Waals surface area contributed by atoms with Crippen LogP contribution in [0.15, 0.2) is 0 Å². The van der Waals surface area contributed by atoms with Crippen LogP contribution < -0.4 is 0 Å². The first-order valence-corrected chi connectivity index (χ1v) is 7.96. The van der Waals surface area contributed by atoms with Gasteiger partial charge in [-0.05, 0) is 6.42 Å². The van der Waals surface area contributed by atoms with Crippen molar-refractivity contribution in [2.75, 3.05) is 6.61 Å². The number of alkyl halides is 8. The van der Waals surface area contributed by atoms with Gasteiger partial charge in [0.05, 0.1) is 13.0 Å². The SMILES string of the molecule is C[SiH2]CCCOC(F)(F)C(F)(F)C(F)CC(F)(F)F. The van der Waals surface area contributed by atoms with E-state index < -0.39 is 46.9 Å². The van der Waals surface area contributed by atoms with Crippen LogP contribution in [0.5, 0.6) is 0 Å². The molecule has 19 heavy (non-hydrogen) atoms. The second kappa shape index (κ2) is 6.87. The molecule has 0 heterocycles. The molecule has 0 aromatic carbocycles. The Balaban J connectivity index is 4.57. The van der Waals surface area contributed by atoms with Gasteiger partial charge in [0, 0.05) is 9.52 Å². The second-order valence-electron chi connectivity index (χ2n) is 3.98. The summed E-state index contributed by atoms with van der Waals surface area (Å²) in [5, 5.41) is 0. The van der Waals surface area contributed by atoms with E-state index in [4.69, 9.17) is 0 Å². The van der Waals surface area contributed by atoms with Crippen molar-refractivity contribution < 1.29 is 39.9 Å². The predicted octanol–water partition coefficient (Wildman–Crippen LogP) is 3.55. The van der Waals surface area contributed by atoms with Gasteiger partial charge in [-0.15, -0.1) is 0 Å². The summed E-state index contributed by atoms with van der Waals surface area (Å²) < 4.78 is 103. The first-order valence-electron chi connectivity index (χ1n) is 5.54. The molecule has 0 aliphatic rings. The van der Waals surface area contributed by atoms with Gasteiger partial charge in [0.1, 0.15) is 0 Å². The molecule has 0 aliphatic heterocycles. The zero-order valence-corrected chi connectivity index (χ0v) is 11.5. The van der Waals surface area contributed by atoms with Crippen LogP contribution in [0.2, 0.25) is 12.6 Å². The van der Waals surface area contributed by atoms with Crippen molar-refractivity contribution in [3.05, 3.63) is 0 Å². The summed E-state index contributed by atoms with van der Waals surface area (Å²) in [6.45, 7) is 1.11. The molecule has 10 heteroatoms. The molecule has 0 N–H and O–H groups in total. The fourth-order valence-corrected chi connectivity index (χ4v) is 1.87. The van der Waals surface area contributed by atoms with E-state index in [0.717, 1.165) is 0 Å². The number of ether oxygens (including phenoxy) is 1. The summed E-state index contributed by atoms with van der Waals surface area (Å²) in [4.78, 5) is 0. The molecule has 1 unspecified atom stereocenters. The number of rotatable bonds is 8. The Morgan fingerprint density at radius 2 is 1.58 bits per heavy atom. The zero-order chi connectivity index (χ0) is 15.3. The van der Waals surface area contributed by atoms with Crippen molar-refractivity contribution in [3.8, 4) is 0 Å². The Hall–Kier alpha value is -0.383. The van der Waals surface area contributed by atoms with Gasteiger partial charge in [0.2, 0.25) is 0 Å². The Morgan fingerprint density at radius 1 is 1.05 bits per heavy atom. The highest BCUT2D eigenvalue weighted by Crippen LogP contribution is 2.42. The molecular weight excluding hydrogens is 304 g/mol. The Bertz CT molecular complexity index is 267. The summed E-state index contributed by atoms with van der Waals surface area (Å²) in [6.07, 6.45) is -17.2. The van der Waals surface area contributed by atoms with Crippen molar-refractivity contribution in [3.63, 3.8) is 0 Å². The van der Waals surface area contributed by atoms with E-state index in [0.29, 0.717) is 6.04 Å². The fraction of sp³-hybridized carbons (Fsp3) is 1.00. The summed E-state index contributed by atoms with van der Waals surface area (Å²) in [7, 11) is -0.458. The molecule has 1 atom stereocenters. The van der Waals surface area contributed by atoms with E-state index in [1.54, 1.807) is 0 Å². The van der Waals surface area contributed by atoms with E-state index in [1.165, 1.54) is 0 Å². The van der Waals surface area contributed by atoms with E-state index in [2.05, 4.69) is 4.74 Å². The topological polar surface area (TPSA) is 9.23 Å². The van der Waals surface area contributed by atoms with Gasteiger partial charge >= 0.3 is 18.2 Å². The highest BCUT2D eigenvalue weighted by molar-refractivity contribution is 6.33. The number of halogens is 8. The van der Waals surface area contributed by atoms with E-state index in [9.17, 15) is 35.1 Å². The lowest BCUT2D eigenvalue weighted by molar-refractivity contribution is -0.366. The lowest BCUT2D eigenvalue weighted by atomic mass is 10.1. The molecule has 0 spiro atoms. The van der Waals surface area contributed by atoms with Gasteiger partial charge < -0.3 is 4.74 Å². The molecule has 1 nitrogen and oxygen atoms in total. The summed E-state index contributed by atoms with van der Waals surface area (Å²) in [5.41, 5.74) is 0. The van der Waals surface area contributed by atoms with Gasteiger partial charge in [-0.1, -0.05) is 12.6 Å². The summed E-state index contributed by atoms with van der Waals surface area (Å²) in [6, 6.07) is 0.559. The molecule has 0 amide bonds. The average molecular weight is 318 g/mol.